The van der Waals surface area contributed by atoms with Crippen LogP contribution >= 0.6 is 0 Å². The van der Waals surface area contributed by atoms with Gasteiger partial charge in [0.1, 0.15) is 5.78 Å². The molecule has 5 rings (SSSR count). The highest BCUT2D eigenvalue weighted by Gasteiger charge is 2.72. The third kappa shape index (κ3) is 2.93. The van der Waals surface area contributed by atoms with E-state index in [0.717, 1.165) is 55.1 Å². The predicted octanol–water partition coefficient (Wildman–Crippen LogP) is 5.12. The van der Waals surface area contributed by atoms with Crippen molar-refractivity contribution in [1.82, 2.24) is 0 Å². The third-order valence-electron chi connectivity index (χ3n) is 7.92. The maximum absolute atomic E-state index is 13.9. The summed E-state index contributed by atoms with van der Waals surface area (Å²) >= 11 is 0. The summed E-state index contributed by atoms with van der Waals surface area (Å²) in [5.74, 6) is 3.95. The van der Waals surface area contributed by atoms with E-state index in [-0.39, 0.29) is 22.7 Å². The fourth-order valence-corrected chi connectivity index (χ4v) is 6.12. The van der Waals surface area contributed by atoms with Gasteiger partial charge in [-0.15, -0.1) is 0 Å². The van der Waals surface area contributed by atoms with E-state index in [9.17, 15) is 4.79 Å². The van der Waals surface area contributed by atoms with E-state index in [1.54, 1.807) is 28.4 Å². The second-order valence-electron chi connectivity index (χ2n) is 9.24. The van der Waals surface area contributed by atoms with E-state index in [1.165, 1.54) is 11.1 Å². The number of carbonyl (C=O) groups is 1. The quantitative estimate of drug-likeness (QED) is 0.647. The van der Waals surface area contributed by atoms with Crippen LogP contribution in [0.3, 0.4) is 0 Å². The molecule has 31 heavy (non-hydrogen) atoms. The largest absolute Gasteiger partial charge is 0.493 e. The monoisotopic (exact) mass is 422 g/mol. The lowest BCUT2D eigenvalue weighted by Crippen LogP contribution is -2.33. The molecular formula is C26H30O5. The fraction of sp³-hybridized carbons (Fsp3) is 0.500. The van der Waals surface area contributed by atoms with Gasteiger partial charge >= 0.3 is 0 Å². The highest BCUT2D eigenvalue weighted by molar-refractivity contribution is 5.98. The smallest absolute Gasteiger partial charge is 0.160 e. The Hall–Kier alpha value is -2.69. The SMILES string of the molecule is COc1ccc([C@H]2C[C@@]23CCC[C@]2(C[C@H]2c2ccc(OC)c(OC)c2)C3=O)cc1OC. The topological polar surface area (TPSA) is 54.0 Å². The molecule has 2 aromatic rings. The summed E-state index contributed by atoms with van der Waals surface area (Å²) in [6.45, 7) is 0. The lowest BCUT2D eigenvalue weighted by atomic mass is 9.72. The van der Waals surface area contributed by atoms with Crippen LogP contribution in [0.25, 0.3) is 0 Å². The van der Waals surface area contributed by atoms with Gasteiger partial charge < -0.3 is 18.9 Å². The highest BCUT2D eigenvalue weighted by atomic mass is 16.5. The molecule has 5 heteroatoms. The van der Waals surface area contributed by atoms with Crippen molar-refractivity contribution in [3.63, 3.8) is 0 Å². The van der Waals surface area contributed by atoms with Crippen LogP contribution in [0.1, 0.15) is 55.1 Å². The van der Waals surface area contributed by atoms with Gasteiger partial charge in [0.15, 0.2) is 23.0 Å². The summed E-state index contributed by atoms with van der Waals surface area (Å²) in [5, 5.41) is 0. The lowest BCUT2D eigenvalue weighted by molar-refractivity contribution is -0.132. The number of ether oxygens (including phenoxy) is 4. The van der Waals surface area contributed by atoms with Crippen LogP contribution in [0.2, 0.25) is 0 Å². The van der Waals surface area contributed by atoms with E-state index in [1.807, 2.05) is 24.3 Å². The van der Waals surface area contributed by atoms with Crippen molar-refractivity contribution in [2.75, 3.05) is 28.4 Å². The van der Waals surface area contributed by atoms with Crippen LogP contribution < -0.4 is 18.9 Å². The molecule has 3 aliphatic rings. The van der Waals surface area contributed by atoms with Crippen LogP contribution in [-0.4, -0.2) is 34.2 Å². The molecule has 4 atom stereocenters. The Morgan fingerprint density at radius 1 is 0.677 bits per heavy atom. The van der Waals surface area contributed by atoms with E-state index >= 15 is 0 Å². The zero-order valence-electron chi connectivity index (χ0n) is 18.7. The summed E-state index contributed by atoms with van der Waals surface area (Å²) < 4.78 is 21.7. The summed E-state index contributed by atoms with van der Waals surface area (Å²) in [4.78, 5) is 13.9. The second-order valence-corrected chi connectivity index (χ2v) is 9.24. The number of hydrogen-bond acceptors (Lipinski definition) is 5. The van der Waals surface area contributed by atoms with Crippen LogP contribution in [0.4, 0.5) is 0 Å². The van der Waals surface area contributed by atoms with Gasteiger partial charge in [-0.05, 0) is 72.9 Å². The number of hydrogen-bond donors (Lipinski definition) is 0. The van der Waals surface area contributed by atoms with Gasteiger partial charge in [-0.2, -0.15) is 0 Å². The van der Waals surface area contributed by atoms with Gasteiger partial charge in [0.25, 0.3) is 0 Å². The number of carbonyl (C=O) groups excluding carboxylic acids is 1. The molecule has 0 amide bonds. The molecule has 5 nitrogen and oxygen atoms in total. The van der Waals surface area contributed by atoms with Crippen molar-refractivity contribution in [2.24, 2.45) is 10.8 Å². The van der Waals surface area contributed by atoms with E-state index in [4.69, 9.17) is 18.9 Å². The molecule has 0 N–H and O–H groups in total. The van der Waals surface area contributed by atoms with Crippen molar-refractivity contribution in [2.45, 2.75) is 43.9 Å². The number of ketones is 1. The van der Waals surface area contributed by atoms with Crippen molar-refractivity contribution < 1.29 is 23.7 Å². The average molecular weight is 423 g/mol. The molecule has 3 saturated carbocycles. The van der Waals surface area contributed by atoms with Crippen LogP contribution in [-0.2, 0) is 4.79 Å². The van der Waals surface area contributed by atoms with Gasteiger partial charge in [0.05, 0.1) is 28.4 Å². The Balaban J connectivity index is 1.40. The normalized spacial score (nSPS) is 30.9. The minimum Gasteiger partial charge on any atom is -0.493 e. The molecule has 0 heterocycles. The molecule has 3 aliphatic carbocycles. The average Bonchev–Trinajstić information content (AvgIpc) is 3.72. The first-order valence-electron chi connectivity index (χ1n) is 11.0. The molecule has 3 fully saturated rings. The summed E-state index contributed by atoms with van der Waals surface area (Å²) in [7, 11) is 6.60. The molecule has 164 valence electrons. The molecule has 0 aromatic heterocycles. The Labute approximate surface area is 183 Å². The lowest BCUT2D eigenvalue weighted by Gasteiger charge is -2.30. The van der Waals surface area contributed by atoms with Gasteiger partial charge in [-0.1, -0.05) is 18.6 Å². The van der Waals surface area contributed by atoms with E-state index in [0.29, 0.717) is 5.78 Å². The zero-order chi connectivity index (χ0) is 21.8. The third-order valence-corrected chi connectivity index (χ3v) is 7.92. The second kappa shape index (κ2) is 7.18. The van der Waals surface area contributed by atoms with Gasteiger partial charge in [0.2, 0.25) is 0 Å². The molecule has 2 aromatic carbocycles. The maximum atomic E-state index is 13.9. The Morgan fingerprint density at radius 3 is 1.48 bits per heavy atom. The van der Waals surface area contributed by atoms with Crippen LogP contribution in [0.5, 0.6) is 23.0 Å². The molecule has 0 radical (unpaired) electrons. The van der Waals surface area contributed by atoms with Crippen molar-refractivity contribution in [3.8, 4) is 23.0 Å². The highest BCUT2D eigenvalue weighted by Crippen LogP contribution is 2.75. The number of benzene rings is 2. The molecule has 2 spiro atoms. The standard InChI is InChI=1S/C26H30O5/c1-28-20-8-6-16(12-22(20)30-3)18-14-25(18)10-5-11-26(24(25)27)15-19(26)17-7-9-21(29-2)23(13-17)31-4/h6-9,12-13,18-19H,5,10-11,14-15H2,1-4H3/t18-,19+,25+,26-. The van der Waals surface area contributed by atoms with Crippen molar-refractivity contribution >= 4 is 5.78 Å². The summed E-state index contributed by atoms with van der Waals surface area (Å²) in [5.41, 5.74) is 1.96. The molecular weight excluding hydrogens is 392 g/mol. The summed E-state index contributed by atoms with van der Waals surface area (Å²) in [6, 6.07) is 12.2. The zero-order valence-corrected chi connectivity index (χ0v) is 18.7. The van der Waals surface area contributed by atoms with Crippen molar-refractivity contribution in [3.05, 3.63) is 47.5 Å². The van der Waals surface area contributed by atoms with Crippen molar-refractivity contribution in [1.29, 1.82) is 0 Å². The fourth-order valence-electron chi connectivity index (χ4n) is 6.12. The van der Waals surface area contributed by atoms with Gasteiger partial charge in [0, 0.05) is 10.8 Å². The first kappa shape index (κ1) is 20.2. The van der Waals surface area contributed by atoms with Crippen LogP contribution in [0.15, 0.2) is 36.4 Å². The van der Waals surface area contributed by atoms with E-state index in [2.05, 4.69) is 12.1 Å². The first-order chi connectivity index (χ1) is 15.0. The predicted molar refractivity (Wildman–Crippen MR) is 118 cm³/mol. The Bertz CT molecular complexity index is 951. The number of methoxy groups -OCH3 is 4. The van der Waals surface area contributed by atoms with Gasteiger partial charge in [-0.25, -0.2) is 0 Å². The van der Waals surface area contributed by atoms with Gasteiger partial charge in [-0.3, -0.25) is 4.79 Å². The van der Waals surface area contributed by atoms with Crippen LogP contribution in [0, 0.1) is 10.8 Å². The van der Waals surface area contributed by atoms with E-state index < -0.39 is 0 Å². The number of rotatable bonds is 6. The maximum Gasteiger partial charge on any atom is 0.160 e. The minimum absolute atomic E-state index is 0.205. The Morgan fingerprint density at radius 2 is 1.10 bits per heavy atom. The minimum atomic E-state index is -0.205. The molecule has 0 bridgehead atoms. The molecule has 0 saturated heterocycles. The molecule has 0 unspecified atom stereocenters. The Kier molecular flexibility index (Phi) is 4.68. The number of Topliss-reactive ketones (excluding diaryl/α,β-unsaturated/α-hetero) is 1. The first-order valence-corrected chi connectivity index (χ1v) is 11.0. The molecule has 0 aliphatic heterocycles. The summed E-state index contributed by atoms with van der Waals surface area (Å²) in [6.07, 6.45) is 4.99.